The molecule has 0 amide bonds. The lowest BCUT2D eigenvalue weighted by atomic mass is 9.89. The molecule has 1 aliphatic heterocycles. The number of ether oxygens (including phenoxy) is 2. The molecule has 4 nitrogen and oxygen atoms in total. The Bertz CT molecular complexity index is 1160. The summed E-state index contributed by atoms with van der Waals surface area (Å²) in [5.74, 6) is -0.160. The van der Waals surface area contributed by atoms with E-state index in [0.29, 0.717) is 29.0 Å². The predicted octanol–water partition coefficient (Wildman–Crippen LogP) is 5.17. The second-order valence-electron chi connectivity index (χ2n) is 6.99. The topological polar surface area (TPSA) is 52.6 Å². The zero-order valence-electron chi connectivity index (χ0n) is 16.6. The van der Waals surface area contributed by atoms with Crippen LogP contribution >= 0.6 is 0 Å². The first-order valence-corrected chi connectivity index (χ1v) is 9.44. The van der Waals surface area contributed by atoms with Crippen LogP contribution in [-0.4, -0.2) is 25.5 Å². The Morgan fingerprint density at radius 2 is 1.43 bits per heavy atom. The van der Waals surface area contributed by atoms with E-state index < -0.39 is 5.97 Å². The summed E-state index contributed by atoms with van der Waals surface area (Å²) in [5.41, 5.74) is 5.13. The van der Waals surface area contributed by atoms with Crippen molar-refractivity contribution in [1.82, 2.24) is 0 Å². The number of carbonyl (C=O) groups is 2. The Hall–Kier alpha value is -3.73. The molecule has 1 aliphatic rings. The van der Waals surface area contributed by atoms with Crippen molar-refractivity contribution in [2.24, 2.45) is 0 Å². The van der Waals surface area contributed by atoms with E-state index in [2.05, 4.69) is 0 Å². The number of carbonyl (C=O) groups excluding carboxylic acids is 2. The number of hydrogen-bond donors (Lipinski definition) is 0. The highest BCUT2D eigenvalue weighted by molar-refractivity contribution is 6.02. The minimum atomic E-state index is -0.418. The van der Waals surface area contributed by atoms with Gasteiger partial charge in [0.05, 0.1) is 12.7 Å². The first-order valence-electron chi connectivity index (χ1n) is 9.44. The molecule has 0 radical (unpaired) electrons. The molecule has 0 saturated carbocycles. The van der Waals surface area contributed by atoms with E-state index in [9.17, 15) is 14.0 Å². The molecular weight excluding hydrogens is 383 g/mol. The van der Waals surface area contributed by atoms with Gasteiger partial charge in [-0.15, -0.1) is 0 Å². The molecule has 0 bridgehead atoms. The molecule has 3 aromatic rings. The molecule has 0 aliphatic carbocycles. The normalized spacial score (nSPS) is 14.0. The van der Waals surface area contributed by atoms with Crippen molar-refractivity contribution >= 4 is 22.9 Å². The number of Topliss-reactive ketones (excluding diaryl/α,β-unsaturated/α-hetero) is 1. The van der Waals surface area contributed by atoms with Crippen LogP contribution in [-0.2, 0) is 4.74 Å². The summed E-state index contributed by atoms with van der Waals surface area (Å²) in [6.45, 7) is 1.81. The zero-order chi connectivity index (χ0) is 21.3. The van der Waals surface area contributed by atoms with Gasteiger partial charge in [0.25, 0.3) is 0 Å². The molecule has 0 spiro atoms. The molecule has 1 heterocycles. The third-order valence-electron chi connectivity index (χ3n) is 5.12. The van der Waals surface area contributed by atoms with Gasteiger partial charge in [-0.05, 0) is 54.0 Å². The van der Waals surface area contributed by atoms with Crippen molar-refractivity contribution in [2.45, 2.75) is 6.92 Å². The highest BCUT2D eigenvalue weighted by Crippen LogP contribution is 2.41. The second-order valence-corrected chi connectivity index (χ2v) is 6.99. The van der Waals surface area contributed by atoms with Gasteiger partial charge in [-0.2, -0.15) is 0 Å². The lowest BCUT2D eigenvalue weighted by Crippen LogP contribution is -2.02. The number of fused-ring (bicyclic) bond motifs is 1. The first-order chi connectivity index (χ1) is 14.5. The number of methoxy groups -OCH3 is 1. The molecule has 0 N–H and O–H groups in total. The van der Waals surface area contributed by atoms with Crippen molar-refractivity contribution in [3.05, 3.63) is 100 Å². The van der Waals surface area contributed by atoms with E-state index in [4.69, 9.17) is 9.47 Å². The van der Waals surface area contributed by atoms with Gasteiger partial charge in [-0.1, -0.05) is 36.4 Å². The summed E-state index contributed by atoms with van der Waals surface area (Å²) in [6, 6.07) is 18.7. The van der Waals surface area contributed by atoms with E-state index in [1.165, 1.54) is 26.2 Å². The maximum atomic E-state index is 14.0. The van der Waals surface area contributed by atoms with Crippen LogP contribution in [0.5, 0.6) is 5.75 Å². The molecule has 0 aromatic heterocycles. The SMILES string of the molecule is COC(=O)c1ccc(/C(=C2/COc3ccc(F)cc32)c2ccc(C(C)=O)cc2)cc1. The molecule has 0 fully saturated rings. The summed E-state index contributed by atoms with van der Waals surface area (Å²) in [5, 5.41) is 0. The van der Waals surface area contributed by atoms with Gasteiger partial charge < -0.3 is 9.47 Å². The third-order valence-corrected chi connectivity index (χ3v) is 5.12. The summed E-state index contributed by atoms with van der Waals surface area (Å²) in [6.07, 6.45) is 0. The number of ketones is 1. The van der Waals surface area contributed by atoms with Crippen molar-refractivity contribution in [1.29, 1.82) is 0 Å². The van der Waals surface area contributed by atoms with Gasteiger partial charge in [0.2, 0.25) is 0 Å². The van der Waals surface area contributed by atoms with E-state index in [1.807, 2.05) is 24.3 Å². The Morgan fingerprint density at radius 1 is 0.867 bits per heavy atom. The molecule has 5 heteroatoms. The summed E-state index contributed by atoms with van der Waals surface area (Å²) in [7, 11) is 1.33. The summed E-state index contributed by atoms with van der Waals surface area (Å²) >= 11 is 0. The summed E-state index contributed by atoms with van der Waals surface area (Å²) < 4.78 is 24.5. The monoisotopic (exact) mass is 402 g/mol. The van der Waals surface area contributed by atoms with Crippen LogP contribution in [0.15, 0.2) is 66.7 Å². The maximum Gasteiger partial charge on any atom is 0.337 e. The molecule has 150 valence electrons. The van der Waals surface area contributed by atoms with Gasteiger partial charge in [0, 0.05) is 16.7 Å². The second kappa shape index (κ2) is 7.95. The number of halogens is 1. The van der Waals surface area contributed by atoms with Crippen LogP contribution in [0.3, 0.4) is 0 Å². The van der Waals surface area contributed by atoms with E-state index in [-0.39, 0.29) is 11.6 Å². The molecular formula is C25H19FO4. The third kappa shape index (κ3) is 3.62. The molecule has 4 rings (SSSR count). The molecule has 0 saturated heterocycles. The summed E-state index contributed by atoms with van der Waals surface area (Å²) in [4.78, 5) is 23.5. The molecule has 30 heavy (non-hydrogen) atoms. The standard InChI is InChI=1S/C25H19FO4/c1-15(27)16-3-5-17(6-4-16)24(18-7-9-19(10-8-18)25(28)29-2)22-14-30-23-12-11-20(26)13-21(22)23/h3-13H,14H2,1-2H3/b24-22-. The number of benzene rings is 3. The average Bonchev–Trinajstić information content (AvgIpc) is 3.17. The minimum Gasteiger partial charge on any atom is -0.488 e. The van der Waals surface area contributed by atoms with Crippen molar-refractivity contribution in [2.75, 3.05) is 13.7 Å². The van der Waals surface area contributed by atoms with Gasteiger partial charge in [0.15, 0.2) is 5.78 Å². The van der Waals surface area contributed by atoms with Crippen LogP contribution in [0.4, 0.5) is 4.39 Å². The molecule has 3 aromatic carbocycles. The van der Waals surface area contributed by atoms with Crippen LogP contribution < -0.4 is 4.74 Å². The van der Waals surface area contributed by atoms with Crippen LogP contribution in [0, 0.1) is 5.82 Å². The van der Waals surface area contributed by atoms with Crippen molar-refractivity contribution < 1.29 is 23.5 Å². The Balaban J connectivity index is 1.90. The van der Waals surface area contributed by atoms with E-state index in [1.54, 1.807) is 30.3 Å². The smallest absolute Gasteiger partial charge is 0.337 e. The van der Waals surface area contributed by atoms with Gasteiger partial charge >= 0.3 is 5.97 Å². The van der Waals surface area contributed by atoms with E-state index in [0.717, 1.165) is 22.3 Å². The Morgan fingerprint density at radius 3 is 2.00 bits per heavy atom. The lowest BCUT2D eigenvalue weighted by molar-refractivity contribution is 0.0600. The van der Waals surface area contributed by atoms with Crippen LogP contribution in [0.2, 0.25) is 0 Å². The van der Waals surface area contributed by atoms with Crippen molar-refractivity contribution in [3.8, 4) is 5.75 Å². The van der Waals surface area contributed by atoms with E-state index >= 15 is 0 Å². The fourth-order valence-electron chi connectivity index (χ4n) is 3.58. The largest absolute Gasteiger partial charge is 0.488 e. The lowest BCUT2D eigenvalue weighted by Gasteiger charge is -2.14. The zero-order valence-corrected chi connectivity index (χ0v) is 16.6. The predicted molar refractivity (Wildman–Crippen MR) is 112 cm³/mol. The fourth-order valence-corrected chi connectivity index (χ4v) is 3.58. The molecule has 0 unspecified atom stereocenters. The average molecular weight is 402 g/mol. The first kappa shape index (κ1) is 19.6. The van der Waals surface area contributed by atoms with Crippen molar-refractivity contribution in [3.63, 3.8) is 0 Å². The number of hydrogen-bond acceptors (Lipinski definition) is 4. The highest BCUT2D eigenvalue weighted by atomic mass is 19.1. The van der Waals surface area contributed by atoms with Crippen LogP contribution in [0.25, 0.3) is 11.1 Å². The highest BCUT2D eigenvalue weighted by Gasteiger charge is 2.24. The van der Waals surface area contributed by atoms with Gasteiger partial charge in [-0.3, -0.25) is 4.79 Å². The number of esters is 1. The fraction of sp³-hybridized carbons (Fsp3) is 0.120. The Labute approximate surface area is 173 Å². The quantitative estimate of drug-likeness (QED) is 0.446. The van der Waals surface area contributed by atoms with Gasteiger partial charge in [-0.25, -0.2) is 9.18 Å². The maximum absolute atomic E-state index is 14.0. The Kier molecular flexibility index (Phi) is 5.19. The number of rotatable bonds is 4. The van der Waals surface area contributed by atoms with Gasteiger partial charge in [0.1, 0.15) is 18.2 Å². The minimum absolute atomic E-state index is 0.0187. The van der Waals surface area contributed by atoms with Crippen LogP contribution in [0.1, 0.15) is 44.3 Å². The molecule has 0 atom stereocenters.